The van der Waals surface area contributed by atoms with E-state index in [0.29, 0.717) is 24.3 Å². The molecule has 2 atom stereocenters. The van der Waals surface area contributed by atoms with Crippen LogP contribution in [0.4, 0.5) is 20.6 Å². The van der Waals surface area contributed by atoms with Gasteiger partial charge in [-0.15, -0.1) is 0 Å². The topological polar surface area (TPSA) is 105 Å². The van der Waals surface area contributed by atoms with Gasteiger partial charge in [-0.05, 0) is 24.6 Å². The highest BCUT2D eigenvalue weighted by molar-refractivity contribution is 7.86. The van der Waals surface area contributed by atoms with Crippen LogP contribution in [-0.4, -0.2) is 65.1 Å². The number of carbonyl (C=O) groups is 2. The van der Waals surface area contributed by atoms with Crippen LogP contribution in [0.5, 0.6) is 0 Å². The predicted octanol–water partition coefficient (Wildman–Crippen LogP) is 0.842. The van der Waals surface area contributed by atoms with Crippen LogP contribution in [0.1, 0.15) is 13.3 Å². The van der Waals surface area contributed by atoms with Gasteiger partial charge in [0.05, 0.1) is 36.8 Å². The van der Waals surface area contributed by atoms with Gasteiger partial charge in [0.1, 0.15) is 11.9 Å². The fourth-order valence-corrected chi connectivity index (χ4v) is 3.94. The van der Waals surface area contributed by atoms with E-state index in [1.54, 1.807) is 17.0 Å². The first-order valence-corrected chi connectivity index (χ1v) is 10.6. The van der Waals surface area contributed by atoms with Crippen LogP contribution in [0.2, 0.25) is 0 Å². The molecular formula is C17H22FN3O6S. The van der Waals surface area contributed by atoms with Crippen LogP contribution in [0.25, 0.3) is 0 Å². The molecule has 0 saturated carbocycles. The number of carbonyl (C=O) groups excluding carboxylic acids is 2. The molecule has 2 unspecified atom stereocenters. The highest BCUT2D eigenvalue weighted by Gasteiger charge is 2.33. The van der Waals surface area contributed by atoms with E-state index in [-0.39, 0.29) is 25.5 Å². The molecule has 11 heteroatoms. The second kappa shape index (κ2) is 7.92. The normalized spacial score (nSPS) is 22.5. The summed E-state index contributed by atoms with van der Waals surface area (Å²) in [5.41, 5.74) is 0.658. The molecule has 2 aliphatic heterocycles. The summed E-state index contributed by atoms with van der Waals surface area (Å²) in [6, 6.07) is 4.38. The summed E-state index contributed by atoms with van der Waals surface area (Å²) in [7, 11) is -3.57. The monoisotopic (exact) mass is 415 g/mol. The Morgan fingerprint density at radius 3 is 2.79 bits per heavy atom. The van der Waals surface area contributed by atoms with Crippen molar-refractivity contribution in [2.24, 2.45) is 0 Å². The highest BCUT2D eigenvalue weighted by atomic mass is 32.2. The van der Waals surface area contributed by atoms with E-state index in [0.717, 1.165) is 6.26 Å². The Kier molecular flexibility index (Phi) is 5.75. The molecule has 0 aliphatic carbocycles. The van der Waals surface area contributed by atoms with Crippen molar-refractivity contribution in [1.29, 1.82) is 0 Å². The number of hydrogen-bond donors (Lipinski definition) is 1. The van der Waals surface area contributed by atoms with Gasteiger partial charge in [-0.25, -0.2) is 9.18 Å². The van der Waals surface area contributed by atoms with E-state index in [9.17, 15) is 22.4 Å². The lowest BCUT2D eigenvalue weighted by atomic mass is 10.2. The zero-order valence-electron chi connectivity index (χ0n) is 15.6. The van der Waals surface area contributed by atoms with Crippen LogP contribution in [0.3, 0.4) is 0 Å². The fraction of sp³-hybridized carbons (Fsp3) is 0.529. The third-order valence-corrected chi connectivity index (χ3v) is 5.11. The summed E-state index contributed by atoms with van der Waals surface area (Å²) >= 11 is 0. The van der Waals surface area contributed by atoms with E-state index in [4.69, 9.17) is 8.92 Å². The van der Waals surface area contributed by atoms with Crippen LogP contribution in [-0.2, 0) is 23.8 Å². The van der Waals surface area contributed by atoms with Crippen molar-refractivity contribution in [2.75, 3.05) is 42.2 Å². The largest absolute Gasteiger partial charge is 0.442 e. The van der Waals surface area contributed by atoms with Crippen molar-refractivity contribution in [3.05, 3.63) is 24.0 Å². The van der Waals surface area contributed by atoms with Gasteiger partial charge in [-0.2, -0.15) is 8.42 Å². The number of hydrogen-bond acceptors (Lipinski definition) is 7. The van der Waals surface area contributed by atoms with Crippen LogP contribution >= 0.6 is 0 Å². The molecule has 3 rings (SSSR count). The van der Waals surface area contributed by atoms with Crippen molar-refractivity contribution in [3.8, 4) is 0 Å². The Bertz CT molecular complexity index is 878. The Morgan fingerprint density at radius 2 is 2.14 bits per heavy atom. The quantitative estimate of drug-likeness (QED) is 0.687. The lowest BCUT2D eigenvalue weighted by Gasteiger charge is -2.21. The Morgan fingerprint density at radius 1 is 1.39 bits per heavy atom. The van der Waals surface area contributed by atoms with Gasteiger partial charge in [-0.1, -0.05) is 0 Å². The molecule has 2 fully saturated rings. The Balaban J connectivity index is 1.66. The van der Waals surface area contributed by atoms with Crippen molar-refractivity contribution >= 4 is 33.5 Å². The molecule has 0 spiro atoms. The average molecular weight is 415 g/mol. The van der Waals surface area contributed by atoms with E-state index >= 15 is 0 Å². The van der Waals surface area contributed by atoms with Gasteiger partial charge in [0.25, 0.3) is 10.1 Å². The number of nitrogens with one attached hydrogen (secondary N) is 1. The van der Waals surface area contributed by atoms with E-state index in [1.165, 1.54) is 17.9 Å². The van der Waals surface area contributed by atoms with Gasteiger partial charge >= 0.3 is 6.09 Å². The summed E-state index contributed by atoms with van der Waals surface area (Å²) in [4.78, 5) is 26.0. The van der Waals surface area contributed by atoms with E-state index < -0.39 is 34.2 Å². The summed E-state index contributed by atoms with van der Waals surface area (Å²) in [6.45, 7) is 2.47. The zero-order chi connectivity index (χ0) is 20.5. The molecule has 0 radical (unpaired) electrons. The predicted molar refractivity (Wildman–Crippen MR) is 99.2 cm³/mol. The Labute approximate surface area is 162 Å². The third kappa shape index (κ3) is 4.90. The molecule has 28 heavy (non-hydrogen) atoms. The molecule has 1 N–H and O–H groups in total. The summed E-state index contributed by atoms with van der Waals surface area (Å²) in [5, 5.41) is 2.58. The summed E-state index contributed by atoms with van der Waals surface area (Å²) in [5.74, 6) is -0.760. The summed E-state index contributed by atoms with van der Waals surface area (Å²) in [6.07, 6.45) is -0.175. The number of amides is 2. The second-order valence-corrected chi connectivity index (χ2v) is 8.45. The molecule has 9 nitrogen and oxygen atoms in total. The molecule has 1 aromatic carbocycles. The maximum absolute atomic E-state index is 14.7. The third-order valence-electron chi connectivity index (χ3n) is 4.49. The fourth-order valence-electron chi connectivity index (χ4n) is 3.29. The highest BCUT2D eigenvalue weighted by Crippen LogP contribution is 2.30. The minimum Gasteiger partial charge on any atom is -0.442 e. The first kappa shape index (κ1) is 20.3. The molecule has 154 valence electrons. The van der Waals surface area contributed by atoms with Crippen LogP contribution in [0.15, 0.2) is 18.2 Å². The lowest BCUT2D eigenvalue weighted by Crippen LogP contribution is -2.33. The number of anilines is 2. The summed E-state index contributed by atoms with van der Waals surface area (Å²) < 4.78 is 47.3. The molecule has 0 bridgehead atoms. The second-order valence-electron chi connectivity index (χ2n) is 6.85. The smallest absolute Gasteiger partial charge is 0.414 e. The first-order valence-electron chi connectivity index (χ1n) is 8.78. The van der Waals surface area contributed by atoms with Crippen LogP contribution in [0, 0.1) is 5.82 Å². The van der Waals surface area contributed by atoms with Gasteiger partial charge in [0, 0.05) is 20.0 Å². The average Bonchev–Trinajstić information content (AvgIpc) is 3.18. The Hall–Kier alpha value is -2.40. The standard InChI is InChI=1S/C17H22FN3O6S/c1-11(22)19-8-14-10-21(17(23)26-14)12-3-4-16(15(18)7-12)20-6-5-13(9-20)27-28(2,24)25/h3-4,7,13-14H,5-6,8-10H2,1-2H3,(H,19,22). The van der Waals surface area contributed by atoms with E-state index in [1.807, 2.05) is 0 Å². The molecular weight excluding hydrogens is 393 g/mol. The number of ether oxygens (including phenoxy) is 1. The zero-order valence-corrected chi connectivity index (χ0v) is 16.4. The van der Waals surface area contributed by atoms with Gasteiger partial charge < -0.3 is 15.0 Å². The lowest BCUT2D eigenvalue weighted by molar-refractivity contribution is -0.119. The molecule has 2 saturated heterocycles. The SMILES string of the molecule is CC(=O)NCC1CN(c2ccc(N3CCC(OS(C)(=O)=O)C3)c(F)c2)C(=O)O1. The van der Waals surface area contributed by atoms with Gasteiger partial charge in [-0.3, -0.25) is 13.9 Å². The van der Waals surface area contributed by atoms with Crippen molar-refractivity contribution in [3.63, 3.8) is 0 Å². The van der Waals surface area contributed by atoms with Crippen molar-refractivity contribution < 1.29 is 31.3 Å². The number of halogens is 1. The molecule has 2 amide bonds. The molecule has 1 aromatic rings. The van der Waals surface area contributed by atoms with Gasteiger partial charge in [0.2, 0.25) is 5.91 Å². The number of benzene rings is 1. The maximum atomic E-state index is 14.7. The van der Waals surface area contributed by atoms with Crippen LogP contribution < -0.4 is 15.1 Å². The van der Waals surface area contributed by atoms with E-state index in [2.05, 4.69) is 5.32 Å². The first-order chi connectivity index (χ1) is 13.1. The number of cyclic esters (lactones) is 1. The van der Waals surface area contributed by atoms with Crippen molar-refractivity contribution in [2.45, 2.75) is 25.6 Å². The maximum Gasteiger partial charge on any atom is 0.414 e. The molecule has 0 aromatic heterocycles. The number of nitrogens with zero attached hydrogens (tertiary/aromatic N) is 2. The van der Waals surface area contributed by atoms with Crippen molar-refractivity contribution in [1.82, 2.24) is 5.32 Å². The minimum atomic E-state index is -3.57. The minimum absolute atomic E-state index is 0.188. The van der Waals surface area contributed by atoms with Gasteiger partial charge in [0.15, 0.2) is 0 Å². The molecule has 2 aliphatic rings. The molecule has 2 heterocycles. The number of rotatable bonds is 6.